The predicted octanol–water partition coefficient (Wildman–Crippen LogP) is 2.37. The minimum atomic E-state index is -0.580. The van der Waals surface area contributed by atoms with Gasteiger partial charge in [-0.05, 0) is 30.7 Å². The molecule has 0 bridgehead atoms. The maximum atomic E-state index is 11.7. The van der Waals surface area contributed by atoms with E-state index >= 15 is 0 Å². The van der Waals surface area contributed by atoms with Crippen molar-refractivity contribution in [2.24, 2.45) is 0 Å². The van der Waals surface area contributed by atoms with Gasteiger partial charge in [0, 0.05) is 34.5 Å². The van der Waals surface area contributed by atoms with E-state index in [-0.39, 0.29) is 29.5 Å². The van der Waals surface area contributed by atoms with Gasteiger partial charge in [0.25, 0.3) is 5.69 Å². The first kappa shape index (κ1) is 15.7. The van der Waals surface area contributed by atoms with E-state index in [1.807, 2.05) is 19.1 Å². The molecule has 6 nitrogen and oxygen atoms in total. The molecule has 0 aliphatic carbocycles. The molecule has 114 valence electrons. The number of amides is 1. The van der Waals surface area contributed by atoms with Gasteiger partial charge in [-0.2, -0.15) is 0 Å². The Kier molecular flexibility index (Phi) is 4.90. The van der Waals surface area contributed by atoms with Crippen molar-refractivity contribution in [3.8, 4) is 5.75 Å². The van der Waals surface area contributed by atoms with Crippen LogP contribution >= 0.6 is 11.3 Å². The summed E-state index contributed by atoms with van der Waals surface area (Å²) in [4.78, 5) is 23.9. The Morgan fingerprint density at radius 3 is 2.77 bits per heavy atom. The minimum absolute atomic E-state index is 0.0485. The first-order valence-corrected chi connectivity index (χ1v) is 7.24. The van der Waals surface area contributed by atoms with Crippen molar-refractivity contribution in [1.29, 1.82) is 0 Å². The van der Waals surface area contributed by atoms with Crippen molar-refractivity contribution in [3.05, 3.63) is 61.8 Å². The van der Waals surface area contributed by atoms with Gasteiger partial charge in [-0.15, -0.1) is 17.1 Å². The Labute approximate surface area is 130 Å². The van der Waals surface area contributed by atoms with Gasteiger partial charge in [-0.1, -0.05) is 6.07 Å². The van der Waals surface area contributed by atoms with Gasteiger partial charge in [0.1, 0.15) is 0 Å². The fraction of sp³-hybridized carbons (Fsp3) is 0.133. The van der Waals surface area contributed by atoms with Crippen molar-refractivity contribution in [3.63, 3.8) is 0 Å². The second kappa shape index (κ2) is 6.86. The van der Waals surface area contributed by atoms with E-state index in [4.69, 9.17) is 0 Å². The van der Waals surface area contributed by atoms with Gasteiger partial charge in [0.05, 0.1) is 4.92 Å². The van der Waals surface area contributed by atoms with Crippen molar-refractivity contribution in [1.82, 2.24) is 5.32 Å². The molecule has 22 heavy (non-hydrogen) atoms. The molecule has 1 aromatic heterocycles. The lowest BCUT2D eigenvalue weighted by atomic mass is 10.1. The van der Waals surface area contributed by atoms with Gasteiger partial charge < -0.3 is 10.4 Å². The summed E-state index contributed by atoms with van der Waals surface area (Å²) in [6.45, 7) is 1.92. The Morgan fingerprint density at radius 1 is 1.36 bits per heavy atom. The molecule has 0 fully saturated rings. The molecule has 0 aliphatic heterocycles. The summed E-state index contributed by atoms with van der Waals surface area (Å²) in [5.41, 5.74) is 0.0105. The molecule has 0 radical (unpaired) electrons. The second-order valence-electron chi connectivity index (χ2n) is 4.55. The number of nitrogens with zero attached hydrogens (tertiary/aromatic N) is 1. The van der Waals surface area contributed by atoms with E-state index in [2.05, 4.69) is 5.32 Å². The van der Waals surface area contributed by atoms with Gasteiger partial charge in [-0.3, -0.25) is 14.9 Å². The monoisotopic (exact) mass is 317 g/mol. The third-order valence-corrected chi connectivity index (χ3v) is 3.83. The first-order valence-electron chi connectivity index (χ1n) is 6.42. The number of non-ortho nitro benzene ring substituents is 1. The van der Waals surface area contributed by atoms with Gasteiger partial charge in [-0.25, -0.2) is 0 Å². The Bertz CT molecular complexity index is 737. The zero-order chi connectivity index (χ0) is 16.1. The number of benzene rings is 1. The summed E-state index contributed by atoms with van der Waals surface area (Å²) in [5.74, 6) is -0.708. The summed E-state index contributed by atoms with van der Waals surface area (Å²) in [6.07, 6.45) is 3.05. The Balaban J connectivity index is 1.97. The lowest BCUT2D eigenvalue weighted by Gasteiger charge is -2.12. The van der Waals surface area contributed by atoms with Crippen molar-refractivity contribution >= 4 is 29.0 Å². The smallest absolute Gasteiger partial charge is 0.269 e. The van der Waals surface area contributed by atoms with Crippen LogP contribution in [0, 0.1) is 17.0 Å². The summed E-state index contributed by atoms with van der Waals surface area (Å²) < 4.78 is 0. The molecule has 0 spiro atoms. The number of thiophene rings is 1. The third-order valence-electron chi connectivity index (χ3n) is 2.87. The lowest BCUT2D eigenvalue weighted by Crippen LogP contribution is -2.21. The summed E-state index contributed by atoms with van der Waals surface area (Å²) in [7, 11) is 0. The number of rotatable bonds is 5. The van der Waals surface area contributed by atoms with E-state index in [0.717, 1.165) is 21.9 Å². The standard InChI is InChI=1S/C15H14N2O4S/c1-10-2-4-13(22-10)5-7-15(19)16-9-11-8-12(17(20)21)3-6-14(11)18/h2-8,18H,9H2,1H3,(H,16,19)/p-1/b7-5+. The van der Waals surface area contributed by atoms with Crippen molar-refractivity contribution in [2.45, 2.75) is 13.5 Å². The molecule has 2 rings (SSSR count). The van der Waals surface area contributed by atoms with E-state index < -0.39 is 4.92 Å². The van der Waals surface area contributed by atoms with Gasteiger partial charge >= 0.3 is 0 Å². The molecular weight excluding hydrogens is 304 g/mol. The quantitative estimate of drug-likeness (QED) is 0.520. The maximum Gasteiger partial charge on any atom is 0.269 e. The van der Waals surface area contributed by atoms with E-state index in [0.29, 0.717) is 0 Å². The summed E-state index contributed by atoms with van der Waals surface area (Å²) in [6, 6.07) is 7.31. The highest BCUT2D eigenvalue weighted by Gasteiger charge is 2.07. The van der Waals surface area contributed by atoms with E-state index in [9.17, 15) is 20.0 Å². The van der Waals surface area contributed by atoms with Gasteiger partial charge in [0.15, 0.2) is 0 Å². The number of hydrogen-bond acceptors (Lipinski definition) is 5. The maximum absolute atomic E-state index is 11.7. The largest absolute Gasteiger partial charge is 0.872 e. The molecule has 7 heteroatoms. The molecule has 1 N–H and O–H groups in total. The lowest BCUT2D eigenvalue weighted by molar-refractivity contribution is -0.385. The molecule has 0 unspecified atom stereocenters. The highest BCUT2D eigenvalue weighted by atomic mass is 32.1. The third kappa shape index (κ3) is 4.16. The SMILES string of the molecule is Cc1ccc(/C=C/C(=O)NCc2cc([N+](=O)[O-])ccc2[O-])s1. The van der Waals surface area contributed by atoms with Crippen LogP contribution in [0.5, 0.6) is 5.75 Å². The Hall–Kier alpha value is -2.67. The Morgan fingerprint density at radius 2 is 2.14 bits per heavy atom. The minimum Gasteiger partial charge on any atom is -0.872 e. The average molecular weight is 317 g/mol. The molecule has 1 amide bonds. The summed E-state index contributed by atoms with van der Waals surface area (Å²) >= 11 is 1.56. The number of nitrogens with one attached hydrogen (secondary N) is 1. The van der Waals surface area contributed by atoms with Gasteiger partial charge in [0.2, 0.25) is 5.91 Å². The van der Waals surface area contributed by atoms with Crippen LogP contribution in [0.4, 0.5) is 5.69 Å². The van der Waals surface area contributed by atoms with Crippen LogP contribution in [-0.2, 0) is 11.3 Å². The fourth-order valence-electron chi connectivity index (χ4n) is 1.76. The number of aryl methyl sites for hydroxylation is 1. The zero-order valence-corrected chi connectivity index (χ0v) is 12.6. The molecule has 0 saturated carbocycles. The average Bonchev–Trinajstić information content (AvgIpc) is 2.89. The molecule has 0 atom stereocenters. The fourth-order valence-corrected chi connectivity index (χ4v) is 2.54. The van der Waals surface area contributed by atoms with Crippen LogP contribution < -0.4 is 10.4 Å². The second-order valence-corrected chi connectivity index (χ2v) is 5.87. The molecule has 0 saturated heterocycles. The number of carbonyl (C=O) groups excluding carboxylic acids is 1. The van der Waals surface area contributed by atoms with E-state index in [1.54, 1.807) is 17.4 Å². The molecule has 2 aromatic rings. The number of nitro benzene ring substituents is 1. The van der Waals surface area contributed by atoms with Crippen LogP contribution in [0.3, 0.4) is 0 Å². The predicted molar refractivity (Wildman–Crippen MR) is 82.5 cm³/mol. The van der Waals surface area contributed by atoms with Crippen molar-refractivity contribution < 1.29 is 14.8 Å². The van der Waals surface area contributed by atoms with Crippen molar-refractivity contribution in [2.75, 3.05) is 0 Å². The zero-order valence-electron chi connectivity index (χ0n) is 11.7. The van der Waals surface area contributed by atoms with Crippen LogP contribution in [0.1, 0.15) is 15.3 Å². The topological polar surface area (TPSA) is 95.3 Å². The molecule has 1 aromatic carbocycles. The normalized spacial score (nSPS) is 10.8. The molecular formula is C15H13N2O4S-. The molecule has 1 heterocycles. The number of nitro groups is 1. The highest BCUT2D eigenvalue weighted by molar-refractivity contribution is 7.12. The van der Waals surface area contributed by atoms with Crippen LogP contribution in [0.15, 0.2) is 36.4 Å². The van der Waals surface area contributed by atoms with Crippen LogP contribution in [0.25, 0.3) is 6.08 Å². The van der Waals surface area contributed by atoms with Crippen LogP contribution in [-0.4, -0.2) is 10.8 Å². The number of carbonyl (C=O) groups is 1. The molecule has 0 aliphatic rings. The summed E-state index contributed by atoms with van der Waals surface area (Å²) in [5, 5.41) is 24.8. The van der Waals surface area contributed by atoms with E-state index in [1.165, 1.54) is 12.1 Å². The van der Waals surface area contributed by atoms with Crippen LogP contribution in [0.2, 0.25) is 0 Å². The highest BCUT2D eigenvalue weighted by Crippen LogP contribution is 2.20. The first-order chi connectivity index (χ1) is 10.5. The number of hydrogen-bond donors (Lipinski definition) is 1.